The molecule has 0 bridgehead atoms. The van der Waals surface area contributed by atoms with Gasteiger partial charge in [0.1, 0.15) is 23.6 Å². The van der Waals surface area contributed by atoms with Crippen LogP contribution in [0.5, 0.6) is 5.75 Å². The van der Waals surface area contributed by atoms with Crippen molar-refractivity contribution in [1.29, 1.82) is 5.41 Å². The first-order chi connectivity index (χ1) is 12.6. The molecule has 5 N–H and O–H groups in total. The zero-order valence-electron chi connectivity index (χ0n) is 14.4. The van der Waals surface area contributed by atoms with Gasteiger partial charge in [-0.3, -0.25) is 15.1 Å². The van der Waals surface area contributed by atoms with E-state index in [0.717, 1.165) is 17.5 Å². The first-order valence-electron chi connectivity index (χ1n) is 8.19. The highest BCUT2D eigenvalue weighted by atomic mass is 16.5. The highest BCUT2D eigenvalue weighted by Crippen LogP contribution is 2.32. The number of anilines is 1. The van der Waals surface area contributed by atoms with Crippen LogP contribution >= 0.6 is 0 Å². The van der Waals surface area contributed by atoms with Crippen molar-refractivity contribution in [3.05, 3.63) is 52.7 Å². The second-order valence-corrected chi connectivity index (χ2v) is 5.66. The van der Waals surface area contributed by atoms with E-state index < -0.39 is 0 Å². The van der Waals surface area contributed by atoms with Gasteiger partial charge in [-0.25, -0.2) is 9.98 Å². The smallest absolute Gasteiger partial charge is 0.260 e. The van der Waals surface area contributed by atoms with Crippen molar-refractivity contribution in [2.45, 2.75) is 20.0 Å². The molecule has 0 aliphatic carbocycles. The number of nitrogens with one attached hydrogen (secondary N) is 1. The number of amidine groups is 1. The first kappa shape index (κ1) is 17.6. The van der Waals surface area contributed by atoms with Crippen LogP contribution in [-0.4, -0.2) is 29.7 Å². The Kier molecular flexibility index (Phi) is 4.94. The molecular formula is C18H20N6O2. The lowest BCUT2D eigenvalue weighted by Gasteiger charge is -2.15. The summed E-state index contributed by atoms with van der Waals surface area (Å²) in [6.07, 6.45) is 0.851. The normalized spacial score (nSPS) is 13.7. The fraction of sp³-hybridized carbons (Fsp3) is 0.222. The minimum atomic E-state index is -0.163. The molecule has 1 aromatic heterocycles. The number of carbonyl (C=O) groups is 1. The summed E-state index contributed by atoms with van der Waals surface area (Å²) in [7, 11) is 0. The quantitative estimate of drug-likeness (QED) is 0.534. The average Bonchev–Trinajstić information content (AvgIpc) is 2.99. The van der Waals surface area contributed by atoms with E-state index >= 15 is 0 Å². The van der Waals surface area contributed by atoms with Crippen LogP contribution < -0.4 is 21.1 Å². The lowest BCUT2D eigenvalue weighted by molar-refractivity contribution is 0.0995. The van der Waals surface area contributed by atoms with Gasteiger partial charge in [-0.15, -0.1) is 0 Å². The molecule has 0 saturated heterocycles. The Bertz CT molecular complexity index is 893. The fourth-order valence-corrected chi connectivity index (χ4v) is 2.92. The maximum atomic E-state index is 12.9. The van der Waals surface area contributed by atoms with Crippen LogP contribution in [0.3, 0.4) is 0 Å². The topological polar surface area (TPSA) is 131 Å². The van der Waals surface area contributed by atoms with Crippen LogP contribution in [0.25, 0.3) is 0 Å². The Balaban J connectivity index is 1.99. The minimum absolute atomic E-state index is 0.118. The van der Waals surface area contributed by atoms with E-state index in [2.05, 4.69) is 9.98 Å². The molecule has 1 aliphatic heterocycles. The van der Waals surface area contributed by atoms with Gasteiger partial charge in [0, 0.05) is 12.1 Å². The molecule has 3 rings (SSSR count). The number of carbonyl (C=O) groups excluding carboxylic acids is 1. The van der Waals surface area contributed by atoms with Crippen LogP contribution in [-0.2, 0) is 13.1 Å². The second kappa shape index (κ2) is 7.32. The van der Waals surface area contributed by atoms with Gasteiger partial charge in [0.05, 0.1) is 13.2 Å². The Labute approximate surface area is 151 Å². The Morgan fingerprint density at radius 2 is 2.27 bits per heavy atom. The van der Waals surface area contributed by atoms with Crippen molar-refractivity contribution in [3.63, 3.8) is 0 Å². The number of amides is 1. The van der Waals surface area contributed by atoms with Gasteiger partial charge in [0.2, 0.25) is 0 Å². The van der Waals surface area contributed by atoms with Gasteiger partial charge >= 0.3 is 0 Å². The van der Waals surface area contributed by atoms with Gasteiger partial charge < -0.3 is 16.2 Å². The number of hydrogen-bond donors (Lipinski definition) is 3. The van der Waals surface area contributed by atoms with E-state index in [9.17, 15) is 4.79 Å². The molecule has 0 atom stereocenters. The number of fused-ring (bicyclic) bond motifs is 1. The predicted molar refractivity (Wildman–Crippen MR) is 99.8 cm³/mol. The van der Waals surface area contributed by atoms with E-state index in [1.54, 1.807) is 29.2 Å². The van der Waals surface area contributed by atoms with Crippen LogP contribution in [0.4, 0.5) is 5.82 Å². The summed E-state index contributed by atoms with van der Waals surface area (Å²) in [5.74, 6) is 1.05. The van der Waals surface area contributed by atoms with Crippen molar-refractivity contribution >= 4 is 23.9 Å². The molecule has 0 fully saturated rings. The number of nitrogens with two attached hydrogens (primary N) is 2. The zero-order chi connectivity index (χ0) is 18.7. The SMILES string of the molecule is CCOc1cc(CN)c2c(c1)C(=O)N(c1cccc(C(N)=NC=N)n1)C2. The van der Waals surface area contributed by atoms with Crippen LogP contribution in [0, 0.1) is 5.41 Å². The Morgan fingerprint density at radius 1 is 1.46 bits per heavy atom. The van der Waals surface area contributed by atoms with Crippen molar-refractivity contribution in [1.82, 2.24) is 4.98 Å². The summed E-state index contributed by atoms with van der Waals surface area (Å²) in [4.78, 5) is 22.6. The molecular weight excluding hydrogens is 332 g/mol. The number of benzene rings is 1. The van der Waals surface area contributed by atoms with Gasteiger partial charge in [-0.2, -0.15) is 0 Å². The van der Waals surface area contributed by atoms with E-state index in [4.69, 9.17) is 21.6 Å². The molecule has 2 heterocycles. The van der Waals surface area contributed by atoms with Crippen molar-refractivity contribution in [2.24, 2.45) is 16.5 Å². The maximum absolute atomic E-state index is 12.9. The first-order valence-corrected chi connectivity index (χ1v) is 8.19. The van der Waals surface area contributed by atoms with E-state index in [-0.39, 0.29) is 11.7 Å². The molecule has 26 heavy (non-hydrogen) atoms. The largest absolute Gasteiger partial charge is 0.494 e. The predicted octanol–water partition coefficient (Wildman–Crippen LogP) is 1.41. The number of rotatable bonds is 6. The number of aromatic nitrogens is 1. The highest BCUT2D eigenvalue weighted by molar-refractivity contribution is 6.10. The fourth-order valence-electron chi connectivity index (χ4n) is 2.92. The average molecular weight is 352 g/mol. The Morgan fingerprint density at radius 3 is 2.96 bits per heavy atom. The van der Waals surface area contributed by atoms with E-state index in [1.165, 1.54) is 0 Å². The number of pyridine rings is 1. The number of ether oxygens (including phenoxy) is 1. The molecule has 2 aromatic rings. The lowest BCUT2D eigenvalue weighted by atomic mass is 10.0. The summed E-state index contributed by atoms with van der Waals surface area (Å²) in [5.41, 5.74) is 14.4. The van der Waals surface area contributed by atoms with Gasteiger partial charge in [0.15, 0.2) is 5.84 Å². The lowest BCUT2D eigenvalue weighted by Crippen LogP contribution is -2.25. The van der Waals surface area contributed by atoms with Gasteiger partial charge in [-0.1, -0.05) is 6.07 Å². The highest BCUT2D eigenvalue weighted by Gasteiger charge is 2.32. The summed E-state index contributed by atoms with van der Waals surface area (Å²) in [6.45, 7) is 3.09. The van der Waals surface area contributed by atoms with E-state index in [1.807, 2.05) is 13.0 Å². The molecule has 0 saturated carbocycles. The molecule has 1 aliphatic rings. The van der Waals surface area contributed by atoms with Crippen LogP contribution in [0.15, 0.2) is 35.3 Å². The summed E-state index contributed by atoms with van der Waals surface area (Å²) >= 11 is 0. The van der Waals surface area contributed by atoms with Crippen molar-refractivity contribution < 1.29 is 9.53 Å². The van der Waals surface area contributed by atoms with Gasteiger partial charge in [0.25, 0.3) is 5.91 Å². The molecule has 0 spiro atoms. The third-order valence-electron chi connectivity index (χ3n) is 4.12. The zero-order valence-corrected chi connectivity index (χ0v) is 14.4. The molecule has 1 aromatic carbocycles. The third-order valence-corrected chi connectivity index (χ3v) is 4.12. The van der Waals surface area contributed by atoms with Gasteiger partial charge in [-0.05, 0) is 42.3 Å². The molecule has 8 nitrogen and oxygen atoms in total. The van der Waals surface area contributed by atoms with Crippen LogP contribution in [0.1, 0.15) is 34.1 Å². The minimum Gasteiger partial charge on any atom is -0.494 e. The number of nitrogens with zero attached hydrogens (tertiary/aromatic N) is 3. The molecule has 0 radical (unpaired) electrons. The number of hydrogen-bond acceptors (Lipinski definition) is 5. The molecule has 8 heteroatoms. The standard InChI is InChI=1S/C18H20N6O2/c1-2-26-12-6-11(8-19)14-9-24(18(25)13(14)7-12)16-5-3-4-15(23-16)17(21)22-10-20/h3-7,10H,2,8-9,19H2,1H3,(H3,20,21,22). The molecule has 134 valence electrons. The molecule has 0 unspecified atom stereocenters. The monoisotopic (exact) mass is 352 g/mol. The maximum Gasteiger partial charge on any atom is 0.260 e. The Hall–Kier alpha value is -3.26. The van der Waals surface area contributed by atoms with Crippen molar-refractivity contribution in [3.8, 4) is 5.75 Å². The van der Waals surface area contributed by atoms with Crippen LogP contribution in [0.2, 0.25) is 0 Å². The van der Waals surface area contributed by atoms with Crippen molar-refractivity contribution in [2.75, 3.05) is 11.5 Å². The third kappa shape index (κ3) is 3.14. The second-order valence-electron chi connectivity index (χ2n) is 5.66. The summed E-state index contributed by atoms with van der Waals surface area (Å²) in [5, 5.41) is 7.01. The summed E-state index contributed by atoms with van der Waals surface area (Å²) in [6, 6.07) is 8.77. The number of aliphatic imine (C=N–C) groups is 1. The molecule has 1 amide bonds. The van der Waals surface area contributed by atoms with E-state index in [0.29, 0.717) is 42.5 Å². The summed E-state index contributed by atoms with van der Waals surface area (Å²) < 4.78 is 5.54.